The Balaban J connectivity index is 1.22. The SMILES string of the molecule is C=NC/C(C#N)=C1/c2cc(N(c3ccccc3)c3ccccc3)ccc2-c2c1ccc1c2C(=O)c2cc(N(c3ccccc3)c3ccccc3)ccc2-1. The van der Waals surface area contributed by atoms with Crippen molar-refractivity contribution in [3.8, 4) is 28.3 Å². The molecule has 0 spiro atoms. The third-order valence-electron chi connectivity index (χ3n) is 10.1. The number of aliphatic imine (C=N–C) groups is 1. The average molecular weight is 681 g/mol. The Bertz CT molecular complexity index is 2550. The maximum atomic E-state index is 14.8. The number of ketones is 1. The first-order valence-corrected chi connectivity index (χ1v) is 17.5. The van der Waals surface area contributed by atoms with Gasteiger partial charge in [0.2, 0.25) is 0 Å². The monoisotopic (exact) mass is 680 g/mol. The third-order valence-corrected chi connectivity index (χ3v) is 10.1. The number of para-hydroxylation sites is 4. The van der Waals surface area contributed by atoms with Crippen LogP contribution in [-0.4, -0.2) is 19.0 Å². The number of hydrogen-bond donors (Lipinski definition) is 0. The minimum absolute atomic E-state index is 0.0263. The van der Waals surface area contributed by atoms with Gasteiger partial charge in [-0.2, -0.15) is 5.26 Å². The van der Waals surface area contributed by atoms with E-state index in [0.717, 1.165) is 73.1 Å². The summed E-state index contributed by atoms with van der Waals surface area (Å²) in [6.45, 7) is 3.88. The minimum atomic E-state index is -0.0263. The molecule has 250 valence electrons. The Morgan fingerprint density at radius 1 is 0.491 bits per heavy atom. The molecule has 0 heterocycles. The van der Waals surface area contributed by atoms with Gasteiger partial charge in [-0.3, -0.25) is 9.79 Å². The Morgan fingerprint density at radius 3 is 1.40 bits per heavy atom. The molecule has 0 radical (unpaired) electrons. The van der Waals surface area contributed by atoms with E-state index in [1.165, 1.54) is 0 Å². The second kappa shape index (κ2) is 13.1. The number of rotatable bonds is 8. The molecule has 9 rings (SSSR count). The second-order valence-corrected chi connectivity index (χ2v) is 13.1. The quantitative estimate of drug-likeness (QED) is 0.118. The van der Waals surface area contributed by atoms with Crippen LogP contribution >= 0.6 is 0 Å². The molecule has 5 nitrogen and oxygen atoms in total. The zero-order chi connectivity index (χ0) is 35.9. The van der Waals surface area contributed by atoms with Gasteiger partial charge in [0.25, 0.3) is 0 Å². The number of nitrogens with zero attached hydrogens (tertiary/aromatic N) is 4. The van der Waals surface area contributed by atoms with Gasteiger partial charge in [-0.25, -0.2) is 0 Å². The average Bonchev–Trinajstić information content (AvgIpc) is 3.69. The normalized spacial score (nSPS) is 12.9. The molecule has 7 aromatic rings. The minimum Gasteiger partial charge on any atom is -0.310 e. The lowest BCUT2D eigenvalue weighted by Gasteiger charge is -2.26. The molecule has 5 heteroatoms. The fraction of sp³-hybridized carbons (Fsp3) is 0.0208. The van der Waals surface area contributed by atoms with E-state index in [0.29, 0.717) is 16.7 Å². The summed E-state index contributed by atoms with van der Waals surface area (Å²) >= 11 is 0. The highest BCUT2D eigenvalue weighted by Gasteiger charge is 2.37. The molecule has 0 fully saturated rings. The molecule has 2 aliphatic rings. The van der Waals surface area contributed by atoms with Crippen molar-refractivity contribution in [1.82, 2.24) is 0 Å². The van der Waals surface area contributed by atoms with Gasteiger partial charge in [0, 0.05) is 56.4 Å². The molecule has 0 saturated carbocycles. The van der Waals surface area contributed by atoms with Crippen LogP contribution in [0, 0.1) is 11.3 Å². The van der Waals surface area contributed by atoms with Crippen LogP contribution in [0.3, 0.4) is 0 Å². The molecule has 0 saturated heterocycles. The molecule has 0 aromatic heterocycles. The van der Waals surface area contributed by atoms with E-state index in [9.17, 15) is 10.1 Å². The molecule has 0 N–H and O–H groups in total. The maximum absolute atomic E-state index is 14.8. The van der Waals surface area contributed by atoms with Gasteiger partial charge in [-0.1, -0.05) is 97.1 Å². The Kier molecular flexibility index (Phi) is 7.84. The summed E-state index contributed by atoms with van der Waals surface area (Å²) in [4.78, 5) is 23.3. The van der Waals surface area contributed by atoms with Crippen molar-refractivity contribution >= 4 is 52.2 Å². The van der Waals surface area contributed by atoms with Gasteiger partial charge < -0.3 is 9.80 Å². The zero-order valence-corrected chi connectivity index (χ0v) is 28.8. The van der Waals surface area contributed by atoms with Gasteiger partial charge >= 0.3 is 0 Å². The molecule has 0 bridgehead atoms. The van der Waals surface area contributed by atoms with E-state index in [4.69, 9.17) is 0 Å². The van der Waals surface area contributed by atoms with Crippen LogP contribution < -0.4 is 9.80 Å². The summed E-state index contributed by atoms with van der Waals surface area (Å²) < 4.78 is 0. The zero-order valence-electron chi connectivity index (χ0n) is 28.8. The molecule has 0 unspecified atom stereocenters. The largest absolute Gasteiger partial charge is 0.310 e. The number of benzene rings is 7. The van der Waals surface area contributed by atoms with Crippen molar-refractivity contribution < 1.29 is 4.79 Å². The van der Waals surface area contributed by atoms with E-state index in [-0.39, 0.29) is 12.3 Å². The van der Waals surface area contributed by atoms with E-state index >= 15 is 0 Å². The summed E-state index contributed by atoms with van der Waals surface area (Å²) in [5.74, 6) is -0.0263. The molecular weight excluding hydrogens is 649 g/mol. The molecule has 53 heavy (non-hydrogen) atoms. The molecule has 0 amide bonds. The smallest absolute Gasteiger partial charge is 0.194 e. The first-order valence-electron chi connectivity index (χ1n) is 17.5. The van der Waals surface area contributed by atoms with E-state index in [1.54, 1.807) is 0 Å². The number of carbonyl (C=O) groups is 1. The highest BCUT2D eigenvalue weighted by atomic mass is 16.1. The van der Waals surface area contributed by atoms with Crippen LogP contribution in [0.2, 0.25) is 0 Å². The predicted molar refractivity (Wildman–Crippen MR) is 216 cm³/mol. The molecular formula is C48H32N4O. The van der Waals surface area contributed by atoms with Crippen molar-refractivity contribution in [2.24, 2.45) is 4.99 Å². The van der Waals surface area contributed by atoms with Crippen LogP contribution in [0.15, 0.2) is 180 Å². The summed E-state index contributed by atoms with van der Waals surface area (Å²) in [7, 11) is 0. The van der Waals surface area contributed by atoms with Crippen LogP contribution in [0.5, 0.6) is 0 Å². The van der Waals surface area contributed by atoms with Crippen molar-refractivity contribution in [1.29, 1.82) is 5.26 Å². The van der Waals surface area contributed by atoms with Crippen molar-refractivity contribution in [3.05, 3.63) is 198 Å². The summed E-state index contributed by atoms with van der Waals surface area (Å²) in [5, 5.41) is 10.5. The molecule has 7 aromatic carbocycles. The van der Waals surface area contributed by atoms with Gasteiger partial charge in [-0.15, -0.1) is 0 Å². The highest BCUT2D eigenvalue weighted by Crippen LogP contribution is 2.54. The second-order valence-electron chi connectivity index (χ2n) is 13.1. The van der Waals surface area contributed by atoms with Crippen molar-refractivity contribution in [2.75, 3.05) is 16.3 Å². The Labute approximate surface area is 308 Å². The van der Waals surface area contributed by atoms with Crippen molar-refractivity contribution in [2.45, 2.75) is 0 Å². The van der Waals surface area contributed by atoms with Crippen LogP contribution in [0.1, 0.15) is 27.0 Å². The summed E-state index contributed by atoms with van der Waals surface area (Å²) in [6.07, 6.45) is 0. The number of carbonyl (C=O) groups excluding carboxylic acids is 1. The summed E-state index contributed by atoms with van der Waals surface area (Å²) in [5.41, 5.74) is 13.8. The lowest BCUT2D eigenvalue weighted by atomic mass is 9.93. The van der Waals surface area contributed by atoms with Crippen LogP contribution in [-0.2, 0) is 0 Å². The van der Waals surface area contributed by atoms with Crippen molar-refractivity contribution in [3.63, 3.8) is 0 Å². The lowest BCUT2D eigenvalue weighted by molar-refractivity contribution is 0.104. The number of nitriles is 1. The fourth-order valence-corrected chi connectivity index (χ4v) is 7.83. The van der Waals surface area contributed by atoms with Crippen LogP contribution in [0.4, 0.5) is 34.1 Å². The number of hydrogen-bond acceptors (Lipinski definition) is 5. The highest BCUT2D eigenvalue weighted by molar-refractivity contribution is 6.27. The predicted octanol–water partition coefficient (Wildman–Crippen LogP) is 11.8. The van der Waals surface area contributed by atoms with Crippen LogP contribution in [0.25, 0.3) is 27.8 Å². The molecule has 2 aliphatic carbocycles. The standard InChI is InChI=1S/C48H32N4O/c1-50-31-32(30-49)45-42-27-26-40-39-24-22-38(52(35-18-10-4-11-19-35)36-20-12-5-13-21-36)29-44(39)48(53)47(40)46(42)41-25-23-37(28-43(41)45)51(33-14-6-2-7-15-33)34-16-8-3-9-17-34/h2-29H,1,31H2/b45-32+. The first-order chi connectivity index (χ1) is 26.2. The molecule has 0 aliphatic heterocycles. The third kappa shape index (κ3) is 5.24. The maximum Gasteiger partial charge on any atom is 0.194 e. The number of anilines is 6. The first kappa shape index (κ1) is 31.7. The number of fused-ring (bicyclic) bond motifs is 7. The van der Waals surface area contributed by atoms with Gasteiger partial charge in [0.05, 0.1) is 18.2 Å². The van der Waals surface area contributed by atoms with E-state index < -0.39 is 0 Å². The van der Waals surface area contributed by atoms with Gasteiger partial charge in [0.15, 0.2) is 5.78 Å². The van der Waals surface area contributed by atoms with E-state index in [2.05, 4.69) is 113 Å². The Morgan fingerprint density at radius 2 is 0.925 bits per heavy atom. The molecule has 0 atom stereocenters. The van der Waals surface area contributed by atoms with E-state index in [1.807, 2.05) is 84.9 Å². The fourth-order valence-electron chi connectivity index (χ4n) is 7.83. The van der Waals surface area contributed by atoms with Gasteiger partial charge in [0.1, 0.15) is 0 Å². The lowest BCUT2D eigenvalue weighted by Crippen LogP contribution is -2.10. The van der Waals surface area contributed by atoms with Gasteiger partial charge in [-0.05, 0) is 107 Å². The summed E-state index contributed by atoms with van der Waals surface area (Å²) in [6, 6.07) is 59.9. The Hall–Kier alpha value is -7.29. The topological polar surface area (TPSA) is 59.7 Å².